The van der Waals surface area contributed by atoms with Gasteiger partial charge in [-0.1, -0.05) is 33.1 Å². The number of hydrogen-bond acceptors (Lipinski definition) is 4. The van der Waals surface area contributed by atoms with Gasteiger partial charge in [-0.2, -0.15) is 0 Å². The molecule has 2 unspecified atom stereocenters. The number of hydrogen-bond donors (Lipinski definition) is 0. The summed E-state index contributed by atoms with van der Waals surface area (Å²) < 4.78 is 10.7. The van der Waals surface area contributed by atoms with E-state index in [9.17, 15) is 4.79 Å². The van der Waals surface area contributed by atoms with E-state index in [1.54, 1.807) is 11.3 Å². The second kappa shape index (κ2) is 7.83. The molecule has 1 heterocycles. The van der Waals surface area contributed by atoms with Crippen molar-refractivity contribution in [1.29, 1.82) is 0 Å². The number of rotatable bonds is 6. The van der Waals surface area contributed by atoms with E-state index in [1.165, 1.54) is 37.7 Å². The van der Waals surface area contributed by atoms with Crippen LogP contribution in [0.1, 0.15) is 72.8 Å². The minimum atomic E-state index is -0.276. The summed E-state index contributed by atoms with van der Waals surface area (Å²) in [6, 6.07) is 2.08. The molecule has 1 fully saturated rings. The fraction of sp³-hybridized carbons (Fsp3) is 0.706. The van der Waals surface area contributed by atoms with Gasteiger partial charge >= 0.3 is 5.97 Å². The Morgan fingerprint density at radius 1 is 1.43 bits per heavy atom. The Morgan fingerprint density at radius 3 is 2.90 bits per heavy atom. The van der Waals surface area contributed by atoms with Gasteiger partial charge in [0.15, 0.2) is 4.88 Å². The van der Waals surface area contributed by atoms with Crippen molar-refractivity contribution in [2.45, 2.75) is 58.3 Å². The van der Waals surface area contributed by atoms with Gasteiger partial charge in [0.1, 0.15) is 5.75 Å². The number of methoxy groups -OCH3 is 1. The molecule has 0 amide bonds. The van der Waals surface area contributed by atoms with Gasteiger partial charge in [-0.3, -0.25) is 0 Å². The van der Waals surface area contributed by atoms with E-state index in [-0.39, 0.29) is 5.97 Å². The lowest BCUT2D eigenvalue weighted by Gasteiger charge is -2.25. The fourth-order valence-corrected chi connectivity index (χ4v) is 4.12. The van der Waals surface area contributed by atoms with Gasteiger partial charge in [-0.25, -0.2) is 4.79 Å². The summed E-state index contributed by atoms with van der Waals surface area (Å²) in [5, 5.41) is 0. The molecule has 0 radical (unpaired) electrons. The Bertz CT molecular complexity index is 467. The number of thiophene rings is 1. The van der Waals surface area contributed by atoms with E-state index in [0.29, 0.717) is 23.2 Å². The van der Waals surface area contributed by atoms with Crippen LogP contribution in [0.3, 0.4) is 0 Å². The SMILES string of the molecule is CCCCOc1cc(C2CCCC(C)C2)sc1C(=O)OC. The molecule has 1 aromatic heterocycles. The lowest BCUT2D eigenvalue weighted by Crippen LogP contribution is -2.10. The first-order valence-corrected chi connectivity index (χ1v) is 8.82. The summed E-state index contributed by atoms with van der Waals surface area (Å²) in [4.78, 5) is 13.8. The summed E-state index contributed by atoms with van der Waals surface area (Å²) in [5.41, 5.74) is 0. The number of carbonyl (C=O) groups excluding carboxylic acids is 1. The molecule has 2 atom stereocenters. The van der Waals surface area contributed by atoms with Crippen molar-refractivity contribution in [3.63, 3.8) is 0 Å². The van der Waals surface area contributed by atoms with Gasteiger partial charge in [0.2, 0.25) is 0 Å². The van der Waals surface area contributed by atoms with Gasteiger partial charge in [0.25, 0.3) is 0 Å². The first-order chi connectivity index (χ1) is 10.2. The van der Waals surface area contributed by atoms with Crippen LogP contribution in [0.25, 0.3) is 0 Å². The first kappa shape index (κ1) is 16.3. The summed E-state index contributed by atoms with van der Waals surface area (Å²) in [6.45, 7) is 5.12. The van der Waals surface area contributed by atoms with Crippen LogP contribution >= 0.6 is 11.3 Å². The smallest absolute Gasteiger partial charge is 0.351 e. The molecule has 1 saturated carbocycles. The van der Waals surface area contributed by atoms with Crippen LogP contribution in [0.2, 0.25) is 0 Å². The molecule has 1 aliphatic carbocycles. The first-order valence-electron chi connectivity index (χ1n) is 8.00. The Hall–Kier alpha value is -1.03. The maximum Gasteiger partial charge on any atom is 0.351 e. The second-order valence-corrected chi connectivity index (χ2v) is 7.09. The second-order valence-electron chi connectivity index (χ2n) is 6.00. The van der Waals surface area contributed by atoms with Gasteiger partial charge in [-0.15, -0.1) is 11.3 Å². The highest BCUT2D eigenvalue weighted by molar-refractivity contribution is 7.14. The molecule has 0 aliphatic heterocycles. The van der Waals surface area contributed by atoms with E-state index < -0.39 is 0 Å². The third-order valence-corrected chi connectivity index (χ3v) is 5.44. The molecule has 4 heteroatoms. The van der Waals surface area contributed by atoms with E-state index in [2.05, 4.69) is 19.9 Å². The number of esters is 1. The molecule has 0 spiro atoms. The number of ether oxygens (including phenoxy) is 2. The van der Waals surface area contributed by atoms with Crippen molar-refractivity contribution in [3.8, 4) is 5.75 Å². The summed E-state index contributed by atoms with van der Waals surface area (Å²) >= 11 is 1.56. The van der Waals surface area contributed by atoms with Crippen molar-refractivity contribution in [2.75, 3.05) is 13.7 Å². The highest BCUT2D eigenvalue weighted by Crippen LogP contribution is 2.42. The molecular formula is C17H26O3S. The highest BCUT2D eigenvalue weighted by atomic mass is 32.1. The zero-order chi connectivity index (χ0) is 15.2. The fourth-order valence-electron chi connectivity index (χ4n) is 2.95. The molecule has 0 saturated heterocycles. The summed E-state index contributed by atoms with van der Waals surface area (Å²) in [7, 11) is 1.43. The lowest BCUT2D eigenvalue weighted by atomic mass is 9.82. The minimum Gasteiger partial charge on any atom is -0.492 e. The molecule has 0 bridgehead atoms. The predicted octanol–water partition coefficient (Wildman–Crippen LogP) is 5.01. The minimum absolute atomic E-state index is 0.276. The van der Waals surface area contributed by atoms with E-state index in [4.69, 9.17) is 9.47 Å². The van der Waals surface area contributed by atoms with Gasteiger partial charge in [0.05, 0.1) is 13.7 Å². The van der Waals surface area contributed by atoms with Crippen LogP contribution in [-0.4, -0.2) is 19.7 Å². The van der Waals surface area contributed by atoms with E-state index >= 15 is 0 Å². The van der Waals surface area contributed by atoms with Crippen LogP contribution in [0.4, 0.5) is 0 Å². The Kier molecular flexibility index (Phi) is 6.09. The van der Waals surface area contributed by atoms with Crippen LogP contribution < -0.4 is 4.74 Å². The van der Waals surface area contributed by atoms with Gasteiger partial charge in [-0.05, 0) is 37.2 Å². The monoisotopic (exact) mass is 310 g/mol. The Balaban J connectivity index is 2.16. The van der Waals surface area contributed by atoms with Crippen LogP contribution in [-0.2, 0) is 4.74 Å². The van der Waals surface area contributed by atoms with Crippen molar-refractivity contribution < 1.29 is 14.3 Å². The number of carbonyl (C=O) groups is 1. The van der Waals surface area contributed by atoms with Crippen molar-refractivity contribution in [3.05, 3.63) is 15.8 Å². The van der Waals surface area contributed by atoms with Crippen molar-refractivity contribution >= 4 is 17.3 Å². The van der Waals surface area contributed by atoms with Gasteiger partial charge < -0.3 is 9.47 Å². The average Bonchev–Trinajstić information content (AvgIpc) is 2.91. The zero-order valence-electron chi connectivity index (χ0n) is 13.3. The van der Waals surface area contributed by atoms with Crippen LogP contribution in [0, 0.1) is 5.92 Å². The maximum absolute atomic E-state index is 11.9. The quantitative estimate of drug-likeness (QED) is 0.547. The molecule has 0 aromatic carbocycles. The third-order valence-electron chi connectivity index (χ3n) is 4.18. The molecule has 21 heavy (non-hydrogen) atoms. The van der Waals surface area contributed by atoms with Crippen LogP contribution in [0.5, 0.6) is 5.75 Å². The Labute approximate surface area is 131 Å². The van der Waals surface area contributed by atoms with Crippen molar-refractivity contribution in [2.24, 2.45) is 5.92 Å². The molecule has 1 aromatic rings. The molecule has 118 valence electrons. The van der Waals surface area contributed by atoms with E-state index in [1.807, 2.05) is 0 Å². The normalized spacial score (nSPS) is 22.0. The third kappa shape index (κ3) is 4.22. The average molecular weight is 310 g/mol. The molecule has 1 aliphatic rings. The zero-order valence-corrected chi connectivity index (χ0v) is 14.1. The van der Waals surface area contributed by atoms with Crippen LogP contribution in [0.15, 0.2) is 6.07 Å². The largest absolute Gasteiger partial charge is 0.492 e. The van der Waals surface area contributed by atoms with Gasteiger partial charge in [0, 0.05) is 4.88 Å². The molecule has 0 N–H and O–H groups in total. The predicted molar refractivity (Wildman–Crippen MR) is 86.4 cm³/mol. The highest BCUT2D eigenvalue weighted by Gasteiger charge is 2.26. The lowest BCUT2D eigenvalue weighted by molar-refractivity contribution is 0.0602. The molecule has 2 rings (SSSR count). The van der Waals surface area contributed by atoms with E-state index in [0.717, 1.165) is 18.8 Å². The maximum atomic E-state index is 11.9. The summed E-state index contributed by atoms with van der Waals surface area (Å²) in [6.07, 6.45) is 7.14. The topological polar surface area (TPSA) is 35.5 Å². The summed E-state index contributed by atoms with van der Waals surface area (Å²) in [5.74, 6) is 1.79. The number of unbranched alkanes of at least 4 members (excludes halogenated alkanes) is 1. The Morgan fingerprint density at radius 2 is 2.24 bits per heavy atom. The molecule has 3 nitrogen and oxygen atoms in total. The van der Waals surface area contributed by atoms with Crippen molar-refractivity contribution in [1.82, 2.24) is 0 Å². The molecular weight excluding hydrogens is 284 g/mol. The standard InChI is InChI=1S/C17H26O3S/c1-4-5-9-20-14-11-15(21-16(14)17(18)19-3)13-8-6-7-12(2)10-13/h11-13H,4-10H2,1-3H3.